The number of ether oxygens (including phenoxy) is 1. The van der Waals surface area contributed by atoms with Gasteiger partial charge in [-0.2, -0.15) is 13.2 Å². The van der Waals surface area contributed by atoms with Crippen LogP contribution in [0.3, 0.4) is 0 Å². The van der Waals surface area contributed by atoms with E-state index in [0.717, 1.165) is 0 Å². The summed E-state index contributed by atoms with van der Waals surface area (Å²) < 4.78 is 58.3. The summed E-state index contributed by atoms with van der Waals surface area (Å²) in [7, 11) is 0. The van der Waals surface area contributed by atoms with E-state index >= 15 is 0 Å². The molecule has 1 N–H and O–H groups in total. The summed E-state index contributed by atoms with van der Waals surface area (Å²) in [6.07, 6.45) is -3.36. The van der Waals surface area contributed by atoms with Crippen molar-refractivity contribution in [3.63, 3.8) is 0 Å². The third kappa shape index (κ3) is 4.63. The highest BCUT2D eigenvalue weighted by Gasteiger charge is 2.32. The van der Waals surface area contributed by atoms with Crippen LogP contribution in [0.15, 0.2) is 72.9 Å². The molecular weight excluding hydrogens is 458 g/mol. The number of non-ortho nitro benzene ring substituents is 1. The summed E-state index contributed by atoms with van der Waals surface area (Å²) in [5.74, 6) is -1.53. The molecule has 34 heavy (non-hydrogen) atoms. The van der Waals surface area contributed by atoms with Crippen molar-refractivity contribution in [1.29, 1.82) is 0 Å². The molecule has 0 unspecified atom stereocenters. The van der Waals surface area contributed by atoms with E-state index < -0.39 is 34.0 Å². The van der Waals surface area contributed by atoms with Crippen molar-refractivity contribution in [1.82, 2.24) is 4.98 Å². The Bertz CT molecular complexity index is 1410. The van der Waals surface area contributed by atoms with E-state index in [1.54, 1.807) is 6.07 Å². The molecule has 11 heteroatoms. The lowest BCUT2D eigenvalue weighted by Gasteiger charge is -2.11. The summed E-state index contributed by atoms with van der Waals surface area (Å²) >= 11 is 0. The van der Waals surface area contributed by atoms with Gasteiger partial charge in [-0.05, 0) is 54.6 Å². The molecule has 0 aliphatic rings. The van der Waals surface area contributed by atoms with E-state index in [1.165, 1.54) is 48.7 Å². The van der Waals surface area contributed by atoms with Crippen LogP contribution in [0.25, 0.3) is 10.9 Å². The number of benzene rings is 3. The smallest absolute Gasteiger partial charge is 0.416 e. The van der Waals surface area contributed by atoms with Gasteiger partial charge in [0.2, 0.25) is 0 Å². The predicted molar refractivity (Wildman–Crippen MR) is 114 cm³/mol. The molecule has 0 radical (unpaired) electrons. The number of nitro groups is 1. The van der Waals surface area contributed by atoms with Crippen LogP contribution in [0, 0.1) is 15.9 Å². The molecule has 1 amide bonds. The van der Waals surface area contributed by atoms with Crippen molar-refractivity contribution >= 4 is 28.2 Å². The summed E-state index contributed by atoms with van der Waals surface area (Å²) in [5.41, 5.74) is -1.74. The van der Waals surface area contributed by atoms with Crippen LogP contribution in [-0.2, 0) is 6.18 Å². The largest absolute Gasteiger partial charge is 0.457 e. The summed E-state index contributed by atoms with van der Waals surface area (Å²) in [6.45, 7) is 0. The number of pyridine rings is 1. The highest BCUT2D eigenvalue weighted by molar-refractivity contribution is 6.04. The predicted octanol–water partition coefficient (Wildman–Crippen LogP) is 6.35. The highest BCUT2D eigenvalue weighted by Crippen LogP contribution is 2.33. The van der Waals surface area contributed by atoms with Crippen molar-refractivity contribution < 1.29 is 32.0 Å². The number of nitrogens with zero attached hydrogens (tertiary/aromatic N) is 2. The fourth-order valence-corrected chi connectivity index (χ4v) is 3.18. The number of anilines is 1. The first-order chi connectivity index (χ1) is 16.1. The van der Waals surface area contributed by atoms with Crippen LogP contribution in [0.1, 0.15) is 15.9 Å². The quantitative estimate of drug-likeness (QED) is 0.208. The fraction of sp³-hybridized carbons (Fsp3) is 0.0435. The molecule has 1 aromatic heterocycles. The van der Waals surface area contributed by atoms with Gasteiger partial charge in [0.15, 0.2) is 5.52 Å². The molecule has 0 bridgehead atoms. The third-order valence-corrected chi connectivity index (χ3v) is 4.78. The molecule has 0 spiro atoms. The molecule has 1 heterocycles. The van der Waals surface area contributed by atoms with Gasteiger partial charge in [0.1, 0.15) is 17.3 Å². The standard InChI is InChI=1S/C23H13F4N3O4/c24-18-9-4-13(23(25,26)27)12-17(18)22(31)29-14-5-7-15(8-6-14)34-20-10-11-28-21-16(20)2-1-3-19(21)30(32)33/h1-12H,(H,29,31). The number of aromatic nitrogens is 1. The number of hydrogen-bond acceptors (Lipinski definition) is 5. The fourth-order valence-electron chi connectivity index (χ4n) is 3.18. The van der Waals surface area contributed by atoms with Crippen molar-refractivity contribution in [3.8, 4) is 11.5 Å². The minimum absolute atomic E-state index is 0.150. The van der Waals surface area contributed by atoms with Crippen LogP contribution < -0.4 is 10.1 Å². The second-order valence-electron chi connectivity index (χ2n) is 7.01. The number of amides is 1. The first kappa shape index (κ1) is 22.6. The van der Waals surface area contributed by atoms with Gasteiger partial charge in [0, 0.05) is 23.3 Å². The number of alkyl halides is 3. The molecular formula is C23H13F4N3O4. The molecule has 0 saturated heterocycles. The summed E-state index contributed by atoms with van der Waals surface area (Å²) in [6, 6.07) is 13.3. The zero-order valence-electron chi connectivity index (χ0n) is 17.0. The molecule has 7 nitrogen and oxygen atoms in total. The molecule has 0 saturated carbocycles. The molecule has 0 aliphatic heterocycles. The molecule has 0 fully saturated rings. The molecule has 0 atom stereocenters. The van der Waals surface area contributed by atoms with Crippen molar-refractivity contribution in [2.45, 2.75) is 6.18 Å². The molecule has 0 aliphatic carbocycles. The van der Waals surface area contributed by atoms with Gasteiger partial charge in [0.25, 0.3) is 11.6 Å². The molecule has 4 aromatic rings. The van der Waals surface area contributed by atoms with Gasteiger partial charge < -0.3 is 10.1 Å². The maximum atomic E-state index is 13.9. The highest BCUT2D eigenvalue weighted by atomic mass is 19.4. The number of carbonyl (C=O) groups is 1. The van der Waals surface area contributed by atoms with E-state index in [-0.39, 0.29) is 16.9 Å². The average Bonchev–Trinajstić information content (AvgIpc) is 2.79. The minimum atomic E-state index is -4.72. The van der Waals surface area contributed by atoms with Crippen molar-refractivity contribution in [2.75, 3.05) is 5.32 Å². The molecule has 4 rings (SSSR count). The van der Waals surface area contributed by atoms with Crippen LogP contribution in [0.4, 0.5) is 28.9 Å². The zero-order chi connectivity index (χ0) is 24.5. The van der Waals surface area contributed by atoms with E-state index in [0.29, 0.717) is 35.1 Å². The topological polar surface area (TPSA) is 94.4 Å². The van der Waals surface area contributed by atoms with Crippen LogP contribution in [0.2, 0.25) is 0 Å². The van der Waals surface area contributed by atoms with Crippen molar-refractivity contribution in [2.24, 2.45) is 0 Å². The van der Waals surface area contributed by atoms with Crippen LogP contribution in [0.5, 0.6) is 11.5 Å². The molecule has 172 valence electrons. The second kappa shape index (κ2) is 8.77. The maximum absolute atomic E-state index is 13.9. The Morgan fingerprint density at radius 1 is 1.03 bits per heavy atom. The lowest BCUT2D eigenvalue weighted by molar-refractivity contribution is -0.383. The lowest BCUT2D eigenvalue weighted by Crippen LogP contribution is -2.16. The Labute approximate surface area is 188 Å². The summed E-state index contributed by atoms with van der Waals surface area (Å²) in [5, 5.41) is 14.0. The number of rotatable bonds is 5. The van der Waals surface area contributed by atoms with Gasteiger partial charge in [-0.15, -0.1) is 0 Å². The SMILES string of the molecule is O=C(Nc1ccc(Oc2ccnc3c([N+](=O)[O-])cccc23)cc1)c1cc(C(F)(F)F)ccc1F. The minimum Gasteiger partial charge on any atom is -0.457 e. The lowest BCUT2D eigenvalue weighted by atomic mass is 10.1. The van der Waals surface area contributed by atoms with Gasteiger partial charge in [0.05, 0.1) is 16.1 Å². The molecule has 3 aromatic carbocycles. The van der Waals surface area contributed by atoms with Crippen LogP contribution in [-0.4, -0.2) is 15.8 Å². The Morgan fingerprint density at radius 2 is 1.76 bits per heavy atom. The van der Waals surface area contributed by atoms with Gasteiger partial charge in [-0.1, -0.05) is 6.07 Å². The van der Waals surface area contributed by atoms with E-state index in [2.05, 4.69) is 10.3 Å². The summed E-state index contributed by atoms with van der Waals surface area (Å²) in [4.78, 5) is 27.0. The van der Waals surface area contributed by atoms with Gasteiger partial charge in [-0.25, -0.2) is 9.37 Å². The zero-order valence-corrected chi connectivity index (χ0v) is 17.0. The van der Waals surface area contributed by atoms with Gasteiger partial charge in [-0.3, -0.25) is 14.9 Å². The second-order valence-corrected chi connectivity index (χ2v) is 7.01. The number of nitrogens with one attached hydrogen (secondary N) is 1. The Kier molecular flexibility index (Phi) is 5.84. The van der Waals surface area contributed by atoms with Crippen LogP contribution >= 0.6 is 0 Å². The maximum Gasteiger partial charge on any atom is 0.416 e. The van der Waals surface area contributed by atoms with E-state index in [9.17, 15) is 32.5 Å². The number of carbonyl (C=O) groups excluding carboxylic acids is 1. The first-order valence-electron chi connectivity index (χ1n) is 9.61. The number of nitro benzene ring substituents is 1. The van der Waals surface area contributed by atoms with Gasteiger partial charge >= 0.3 is 6.18 Å². The Hall–Kier alpha value is -4.54. The Morgan fingerprint density at radius 3 is 2.44 bits per heavy atom. The Balaban J connectivity index is 1.53. The average molecular weight is 471 g/mol. The number of para-hydroxylation sites is 1. The number of fused-ring (bicyclic) bond motifs is 1. The van der Waals surface area contributed by atoms with E-state index in [1.807, 2.05) is 0 Å². The van der Waals surface area contributed by atoms with E-state index in [4.69, 9.17) is 4.74 Å². The third-order valence-electron chi connectivity index (χ3n) is 4.78. The van der Waals surface area contributed by atoms with Crippen molar-refractivity contribution in [3.05, 3.63) is 100.0 Å². The normalized spacial score (nSPS) is 11.3. The number of hydrogen-bond donors (Lipinski definition) is 1. The number of halogens is 4. The first-order valence-corrected chi connectivity index (χ1v) is 9.61. The monoisotopic (exact) mass is 471 g/mol.